The number of nitrogens with zero attached hydrogens (tertiary/aromatic N) is 3. The number of aliphatic carboxylic acids is 1. The third kappa shape index (κ3) is 1.62. The van der Waals surface area contributed by atoms with Crippen LogP contribution in [-0.2, 0) is 10.3 Å². The van der Waals surface area contributed by atoms with E-state index in [0.717, 1.165) is 12.8 Å². The monoisotopic (exact) mass is 209 g/mol. The van der Waals surface area contributed by atoms with Gasteiger partial charge in [-0.2, -0.15) is 0 Å². The summed E-state index contributed by atoms with van der Waals surface area (Å²) in [5, 5.41) is 16.8. The highest BCUT2D eigenvalue weighted by molar-refractivity contribution is 5.76. The third-order valence-electron chi connectivity index (χ3n) is 3.28. The standard InChI is InChI=1S/C10H15N3O2/c1-8-3-2-4-10(5-8,9(14)15)13-6-11-12-7-13/h6-8H,2-5H2,1H3,(H,14,15). The molecule has 1 N–H and O–H groups in total. The highest BCUT2D eigenvalue weighted by Gasteiger charge is 2.43. The fourth-order valence-electron chi connectivity index (χ4n) is 2.48. The van der Waals surface area contributed by atoms with Crippen LogP contribution in [0, 0.1) is 5.92 Å². The number of carbonyl (C=O) groups is 1. The molecule has 5 nitrogen and oxygen atoms in total. The molecule has 0 amide bonds. The summed E-state index contributed by atoms with van der Waals surface area (Å²) in [5.41, 5.74) is -0.818. The van der Waals surface area contributed by atoms with Crippen molar-refractivity contribution in [2.75, 3.05) is 0 Å². The van der Waals surface area contributed by atoms with Crippen LogP contribution < -0.4 is 0 Å². The van der Waals surface area contributed by atoms with Crippen LogP contribution >= 0.6 is 0 Å². The molecule has 0 radical (unpaired) electrons. The summed E-state index contributed by atoms with van der Waals surface area (Å²) >= 11 is 0. The molecule has 82 valence electrons. The Labute approximate surface area is 88.1 Å². The van der Waals surface area contributed by atoms with Crippen LogP contribution in [0.1, 0.15) is 32.6 Å². The van der Waals surface area contributed by atoms with Crippen LogP contribution in [0.25, 0.3) is 0 Å². The Balaban J connectivity index is 2.36. The average molecular weight is 209 g/mol. The van der Waals surface area contributed by atoms with E-state index >= 15 is 0 Å². The Bertz CT molecular complexity index is 350. The van der Waals surface area contributed by atoms with E-state index < -0.39 is 11.5 Å². The maximum absolute atomic E-state index is 11.4. The van der Waals surface area contributed by atoms with E-state index in [1.807, 2.05) is 0 Å². The van der Waals surface area contributed by atoms with Crippen molar-refractivity contribution in [1.82, 2.24) is 14.8 Å². The molecular formula is C10H15N3O2. The van der Waals surface area contributed by atoms with Crippen molar-refractivity contribution in [1.29, 1.82) is 0 Å². The minimum Gasteiger partial charge on any atom is -0.479 e. The normalized spacial score (nSPS) is 31.4. The third-order valence-corrected chi connectivity index (χ3v) is 3.28. The molecule has 2 atom stereocenters. The van der Waals surface area contributed by atoms with E-state index in [-0.39, 0.29) is 0 Å². The Morgan fingerprint density at radius 2 is 2.20 bits per heavy atom. The van der Waals surface area contributed by atoms with Gasteiger partial charge >= 0.3 is 5.97 Å². The van der Waals surface area contributed by atoms with Gasteiger partial charge in [0.2, 0.25) is 0 Å². The van der Waals surface area contributed by atoms with Crippen molar-refractivity contribution in [3.05, 3.63) is 12.7 Å². The number of hydrogen-bond donors (Lipinski definition) is 1. The van der Waals surface area contributed by atoms with Gasteiger partial charge in [0, 0.05) is 0 Å². The lowest BCUT2D eigenvalue weighted by atomic mass is 9.76. The molecule has 5 heteroatoms. The molecule has 1 heterocycles. The fourth-order valence-corrected chi connectivity index (χ4v) is 2.48. The van der Waals surface area contributed by atoms with E-state index in [1.54, 1.807) is 4.57 Å². The van der Waals surface area contributed by atoms with Gasteiger partial charge in [0.05, 0.1) is 0 Å². The molecule has 2 unspecified atom stereocenters. The van der Waals surface area contributed by atoms with Crippen molar-refractivity contribution in [3.8, 4) is 0 Å². The van der Waals surface area contributed by atoms with Gasteiger partial charge in [0.15, 0.2) is 0 Å². The molecular weight excluding hydrogens is 194 g/mol. The lowest BCUT2D eigenvalue weighted by Gasteiger charge is -2.36. The van der Waals surface area contributed by atoms with Crippen molar-refractivity contribution in [2.45, 2.75) is 38.1 Å². The summed E-state index contributed by atoms with van der Waals surface area (Å²) in [5.74, 6) is -0.328. The van der Waals surface area contributed by atoms with Gasteiger partial charge in [-0.15, -0.1) is 10.2 Å². The number of hydrogen-bond acceptors (Lipinski definition) is 3. The topological polar surface area (TPSA) is 68.0 Å². The van der Waals surface area contributed by atoms with Crippen molar-refractivity contribution in [2.24, 2.45) is 5.92 Å². The van der Waals surface area contributed by atoms with E-state index in [1.165, 1.54) is 12.7 Å². The van der Waals surface area contributed by atoms with Gasteiger partial charge in [-0.3, -0.25) is 0 Å². The Kier molecular flexibility index (Phi) is 2.46. The molecule has 1 aliphatic rings. The minimum atomic E-state index is -0.818. The molecule has 15 heavy (non-hydrogen) atoms. The van der Waals surface area contributed by atoms with Crippen LogP contribution in [0.15, 0.2) is 12.7 Å². The first-order valence-corrected chi connectivity index (χ1v) is 5.24. The highest BCUT2D eigenvalue weighted by Crippen LogP contribution is 2.37. The van der Waals surface area contributed by atoms with E-state index in [2.05, 4.69) is 17.1 Å². The smallest absolute Gasteiger partial charge is 0.329 e. The zero-order chi connectivity index (χ0) is 10.9. The van der Waals surface area contributed by atoms with Gasteiger partial charge in [-0.25, -0.2) is 4.79 Å². The molecule has 1 aromatic rings. The van der Waals surface area contributed by atoms with Gasteiger partial charge in [0.25, 0.3) is 0 Å². The van der Waals surface area contributed by atoms with Crippen LogP contribution in [0.3, 0.4) is 0 Å². The van der Waals surface area contributed by atoms with Crippen molar-refractivity contribution < 1.29 is 9.90 Å². The second-order valence-corrected chi connectivity index (χ2v) is 4.41. The molecule has 1 aromatic heterocycles. The van der Waals surface area contributed by atoms with Crippen LogP contribution in [0.4, 0.5) is 0 Å². The molecule has 2 rings (SSSR count). The molecule has 0 aromatic carbocycles. The van der Waals surface area contributed by atoms with Crippen molar-refractivity contribution >= 4 is 5.97 Å². The van der Waals surface area contributed by atoms with E-state index in [9.17, 15) is 9.90 Å². The zero-order valence-electron chi connectivity index (χ0n) is 8.76. The lowest BCUT2D eigenvalue weighted by molar-refractivity contribution is -0.150. The second kappa shape index (κ2) is 3.64. The molecule has 0 spiro atoms. The first-order valence-electron chi connectivity index (χ1n) is 5.24. The van der Waals surface area contributed by atoms with Crippen LogP contribution in [0.5, 0.6) is 0 Å². The molecule has 1 saturated carbocycles. The molecule has 0 bridgehead atoms. The van der Waals surface area contributed by atoms with Gasteiger partial charge in [-0.05, 0) is 18.8 Å². The second-order valence-electron chi connectivity index (χ2n) is 4.41. The molecule has 0 saturated heterocycles. The van der Waals surface area contributed by atoms with Gasteiger partial charge in [0.1, 0.15) is 18.2 Å². The largest absolute Gasteiger partial charge is 0.479 e. The summed E-state index contributed by atoms with van der Waals surface area (Å²) < 4.78 is 1.64. The SMILES string of the molecule is CC1CCCC(C(=O)O)(n2cnnc2)C1. The van der Waals surface area contributed by atoms with Crippen LogP contribution in [0.2, 0.25) is 0 Å². The highest BCUT2D eigenvalue weighted by atomic mass is 16.4. The average Bonchev–Trinajstić information content (AvgIpc) is 2.70. The summed E-state index contributed by atoms with van der Waals surface area (Å²) in [7, 11) is 0. The first-order chi connectivity index (χ1) is 7.15. The quantitative estimate of drug-likeness (QED) is 0.796. The Hall–Kier alpha value is -1.39. The predicted molar refractivity (Wildman–Crippen MR) is 53.3 cm³/mol. The summed E-state index contributed by atoms with van der Waals surface area (Å²) in [6, 6.07) is 0. The summed E-state index contributed by atoms with van der Waals surface area (Å²) in [4.78, 5) is 11.4. The summed E-state index contributed by atoms with van der Waals surface area (Å²) in [6.07, 6.45) is 6.41. The van der Waals surface area contributed by atoms with E-state index in [0.29, 0.717) is 18.8 Å². The molecule has 0 aliphatic heterocycles. The Morgan fingerprint density at radius 1 is 1.53 bits per heavy atom. The predicted octanol–water partition coefficient (Wildman–Crippen LogP) is 1.27. The molecule has 1 fully saturated rings. The summed E-state index contributed by atoms with van der Waals surface area (Å²) in [6.45, 7) is 2.10. The van der Waals surface area contributed by atoms with Gasteiger partial charge < -0.3 is 9.67 Å². The maximum Gasteiger partial charge on any atom is 0.329 e. The number of carboxylic acids is 1. The van der Waals surface area contributed by atoms with Crippen LogP contribution in [-0.4, -0.2) is 25.8 Å². The van der Waals surface area contributed by atoms with Gasteiger partial charge in [-0.1, -0.05) is 19.8 Å². The first kappa shape index (κ1) is 10.1. The Morgan fingerprint density at radius 3 is 2.73 bits per heavy atom. The van der Waals surface area contributed by atoms with Crippen molar-refractivity contribution in [3.63, 3.8) is 0 Å². The van der Waals surface area contributed by atoms with E-state index in [4.69, 9.17) is 0 Å². The molecule has 1 aliphatic carbocycles. The minimum absolute atomic E-state index is 0.442. The zero-order valence-corrected chi connectivity index (χ0v) is 8.76. The maximum atomic E-state index is 11.4. The lowest BCUT2D eigenvalue weighted by Crippen LogP contribution is -2.44. The number of carboxylic acid groups (broad SMARTS) is 1. The number of rotatable bonds is 2. The number of aromatic nitrogens is 3. The fraction of sp³-hybridized carbons (Fsp3) is 0.700.